The molecular formula is C14H13ClFNO2S. The Morgan fingerprint density at radius 1 is 1.10 bits per heavy atom. The molecule has 0 saturated heterocycles. The maximum Gasteiger partial charge on any atom is 0.244 e. The van der Waals surface area contributed by atoms with Crippen molar-refractivity contribution in [1.82, 2.24) is 4.72 Å². The number of nitrogens with one attached hydrogen (secondary N) is 1. The average molecular weight is 314 g/mol. The quantitative estimate of drug-likeness (QED) is 0.938. The molecule has 0 aromatic heterocycles. The third-order valence-corrected chi connectivity index (χ3v) is 4.75. The van der Waals surface area contributed by atoms with Crippen LogP contribution in [0.3, 0.4) is 0 Å². The molecule has 2 aromatic carbocycles. The Kier molecular flexibility index (Phi) is 4.42. The highest BCUT2D eigenvalue weighted by Crippen LogP contribution is 2.24. The summed E-state index contributed by atoms with van der Waals surface area (Å²) < 4.78 is 40.3. The van der Waals surface area contributed by atoms with Crippen molar-refractivity contribution >= 4 is 21.6 Å². The molecule has 0 aliphatic heterocycles. The van der Waals surface area contributed by atoms with E-state index in [0.29, 0.717) is 10.6 Å². The van der Waals surface area contributed by atoms with Crippen molar-refractivity contribution in [2.75, 3.05) is 0 Å². The molecule has 0 amide bonds. The van der Waals surface area contributed by atoms with Gasteiger partial charge in [0.2, 0.25) is 10.0 Å². The van der Waals surface area contributed by atoms with E-state index in [1.165, 1.54) is 18.2 Å². The number of hydrogen-bond donors (Lipinski definition) is 1. The van der Waals surface area contributed by atoms with Gasteiger partial charge in [0.05, 0.1) is 0 Å². The predicted molar refractivity (Wildman–Crippen MR) is 76.6 cm³/mol. The van der Waals surface area contributed by atoms with Gasteiger partial charge in [0, 0.05) is 11.1 Å². The number of halogens is 2. The first-order valence-corrected chi connectivity index (χ1v) is 7.79. The summed E-state index contributed by atoms with van der Waals surface area (Å²) in [7, 11) is -3.94. The molecule has 3 nitrogen and oxygen atoms in total. The molecule has 0 unspecified atom stereocenters. The van der Waals surface area contributed by atoms with Gasteiger partial charge in [-0.3, -0.25) is 0 Å². The summed E-state index contributed by atoms with van der Waals surface area (Å²) in [5.74, 6) is -0.786. The minimum Gasteiger partial charge on any atom is -0.207 e. The number of sulfonamides is 1. The Morgan fingerprint density at radius 2 is 1.70 bits per heavy atom. The molecular weight excluding hydrogens is 301 g/mol. The second kappa shape index (κ2) is 5.91. The molecule has 0 aliphatic carbocycles. The van der Waals surface area contributed by atoms with Gasteiger partial charge in [-0.25, -0.2) is 17.5 Å². The molecule has 0 saturated carbocycles. The normalized spacial score (nSPS) is 13.2. The molecule has 106 valence electrons. The molecule has 0 spiro atoms. The number of rotatable bonds is 4. The van der Waals surface area contributed by atoms with E-state index in [9.17, 15) is 12.8 Å². The Morgan fingerprint density at radius 3 is 2.35 bits per heavy atom. The lowest BCUT2D eigenvalue weighted by Gasteiger charge is -2.16. The van der Waals surface area contributed by atoms with E-state index in [0.717, 1.165) is 6.07 Å². The summed E-state index contributed by atoms with van der Waals surface area (Å²) >= 11 is 6.02. The third-order valence-electron chi connectivity index (χ3n) is 2.83. The molecule has 6 heteroatoms. The molecule has 0 fully saturated rings. The van der Waals surface area contributed by atoms with Crippen molar-refractivity contribution in [1.29, 1.82) is 0 Å². The van der Waals surface area contributed by atoms with Crippen LogP contribution in [0.2, 0.25) is 5.02 Å². The van der Waals surface area contributed by atoms with Crippen LogP contribution in [0.4, 0.5) is 4.39 Å². The van der Waals surface area contributed by atoms with Gasteiger partial charge < -0.3 is 0 Å². The molecule has 1 N–H and O–H groups in total. The van der Waals surface area contributed by atoms with Crippen LogP contribution in [0.25, 0.3) is 0 Å². The highest BCUT2D eigenvalue weighted by Gasteiger charge is 2.22. The number of benzene rings is 2. The fourth-order valence-electron chi connectivity index (χ4n) is 1.85. The molecule has 0 aliphatic rings. The second-order valence-corrected chi connectivity index (χ2v) is 6.38. The molecule has 2 rings (SSSR count). The molecule has 20 heavy (non-hydrogen) atoms. The van der Waals surface area contributed by atoms with Gasteiger partial charge in [0.25, 0.3) is 0 Å². The van der Waals surface area contributed by atoms with Crippen LogP contribution >= 0.6 is 11.6 Å². The average Bonchev–Trinajstić information content (AvgIpc) is 2.38. The van der Waals surface area contributed by atoms with E-state index in [1.807, 2.05) is 0 Å². The van der Waals surface area contributed by atoms with Gasteiger partial charge in [-0.05, 0) is 30.7 Å². The highest BCUT2D eigenvalue weighted by atomic mass is 35.5. The van der Waals surface area contributed by atoms with Gasteiger partial charge in [-0.15, -0.1) is 0 Å². The maximum absolute atomic E-state index is 13.6. The largest absolute Gasteiger partial charge is 0.244 e. The van der Waals surface area contributed by atoms with Crippen molar-refractivity contribution < 1.29 is 12.8 Å². The summed E-state index contributed by atoms with van der Waals surface area (Å²) in [6.07, 6.45) is 0. The summed E-state index contributed by atoms with van der Waals surface area (Å²) in [6.45, 7) is 1.65. The molecule has 0 heterocycles. The lowest BCUT2D eigenvalue weighted by Crippen LogP contribution is -2.27. The van der Waals surface area contributed by atoms with Gasteiger partial charge in [0.15, 0.2) is 0 Å². The van der Waals surface area contributed by atoms with Crippen LogP contribution in [0.1, 0.15) is 18.5 Å². The van der Waals surface area contributed by atoms with Crippen LogP contribution in [0.15, 0.2) is 53.4 Å². The fraction of sp³-hybridized carbons (Fsp3) is 0.143. The lowest BCUT2D eigenvalue weighted by molar-refractivity contribution is 0.547. The Bertz CT molecular complexity index is 719. The third kappa shape index (κ3) is 3.17. The summed E-state index contributed by atoms with van der Waals surface area (Å²) in [4.78, 5) is -0.376. The Hall–Kier alpha value is -1.43. The Balaban J connectivity index is 2.30. The maximum atomic E-state index is 13.6. The first kappa shape index (κ1) is 15.0. The molecule has 1 atom stereocenters. The monoisotopic (exact) mass is 313 g/mol. The molecule has 0 radical (unpaired) electrons. The van der Waals surface area contributed by atoms with Crippen LogP contribution in [-0.4, -0.2) is 8.42 Å². The summed E-state index contributed by atoms with van der Waals surface area (Å²) in [6, 6.07) is 11.6. The summed E-state index contributed by atoms with van der Waals surface area (Å²) in [5, 5.41) is 0.455. The van der Waals surface area contributed by atoms with Crippen molar-refractivity contribution in [2.45, 2.75) is 17.9 Å². The first-order chi connectivity index (χ1) is 9.42. The molecule has 2 aromatic rings. The number of hydrogen-bond acceptors (Lipinski definition) is 2. The minimum atomic E-state index is -3.94. The second-order valence-electron chi connectivity index (χ2n) is 4.29. The zero-order valence-electron chi connectivity index (χ0n) is 10.7. The lowest BCUT2D eigenvalue weighted by atomic mass is 10.1. The van der Waals surface area contributed by atoms with E-state index in [4.69, 9.17) is 11.6 Å². The Labute approximate surface area is 122 Å². The van der Waals surface area contributed by atoms with Gasteiger partial charge in [-0.1, -0.05) is 41.9 Å². The zero-order chi connectivity index (χ0) is 14.8. The van der Waals surface area contributed by atoms with Crippen molar-refractivity contribution in [3.05, 3.63) is 64.9 Å². The standard InChI is InChI=1S/C14H13ClFNO2S/c1-10(11-6-2-3-7-12(11)15)17-20(18,19)14-9-5-4-8-13(14)16/h2-10,17H,1H3/t10-/m0/s1. The van der Waals surface area contributed by atoms with Crippen LogP contribution < -0.4 is 4.72 Å². The first-order valence-electron chi connectivity index (χ1n) is 5.93. The fourth-order valence-corrected chi connectivity index (χ4v) is 3.45. The summed E-state index contributed by atoms with van der Waals surface area (Å²) in [5.41, 5.74) is 0.633. The van der Waals surface area contributed by atoms with Crippen molar-refractivity contribution in [2.24, 2.45) is 0 Å². The SMILES string of the molecule is C[C@H](NS(=O)(=O)c1ccccc1F)c1ccccc1Cl. The van der Waals surface area contributed by atoms with Crippen molar-refractivity contribution in [3.8, 4) is 0 Å². The van der Waals surface area contributed by atoms with Gasteiger partial charge in [0.1, 0.15) is 10.7 Å². The van der Waals surface area contributed by atoms with E-state index >= 15 is 0 Å². The van der Waals surface area contributed by atoms with Crippen LogP contribution in [0.5, 0.6) is 0 Å². The van der Waals surface area contributed by atoms with Crippen molar-refractivity contribution in [3.63, 3.8) is 0 Å². The minimum absolute atomic E-state index is 0.376. The highest BCUT2D eigenvalue weighted by molar-refractivity contribution is 7.89. The van der Waals surface area contributed by atoms with E-state index < -0.39 is 21.9 Å². The van der Waals surface area contributed by atoms with Gasteiger partial charge in [-0.2, -0.15) is 0 Å². The smallest absolute Gasteiger partial charge is 0.207 e. The van der Waals surface area contributed by atoms with Crippen LogP contribution in [-0.2, 0) is 10.0 Å². The molecule has 0 bridgehead atoms. The predicted octanol–water partition coefficient (Wildman–Crippen LogP) is 3.52. The van der Waals surface area contributed by atoms with E-state index in [2.05, 4.69) is 4.72 Å². The van der Waals surface area contributed by atoms with Crippen LogP contribution in [0, 0.1) is 5.82 Å². The van der Waals surface area contributed by atoms with E-state index in [1.54, 1.807) is 31.2 Å². The van der Waals surface area contributed by atoms with Gasteiger partial charge >= 0.3 is 0 Å². The van der Waals surface area contributed by atoms with E-state index in [-0.39, 0.29) is 4.90 Å². The topological polar surface area (TPSA) is 46.2 Å². The zero-order valence-corrected chi connectivity index (χ0v) is 12.2.